The van der Waals surface area contributed by atoms with Gasteiger partial charge in [0.1, 0.15) is 11.9 Å². The lowest BCUT2D eigenvalue weighted by Gasteiger charge is -2.17. The number of nitrogens with one attached hydrogen (secondary N) is 4. The van der Waals surface area contributed by atoms with Gasteiger partial charge in [-0.05, 0) is 55.2 Å². The van der Waals surface area contributed by atoms with Crippen molar-refractivity contribution < 1.29 is 14.7 Å². The molecule has 1 unspecified atom stereocenters. The number of H-pyrrole nitrogens is 2. The Hall–Kier alpha value is -4.92. The van der Waals surface area contributed by atoms with E-state index in [-0.39, 0.29) is 12.3 Å². The van der Waals surface area contributed by atoms with Crippen LogP contribution in [0.3, 0.4) is 0 Å². The molecule has 1 atom stereocenters. The van der Waals surface area contributed by atoms with Crippen molar-refractivity contribution in [3.05, 3.63) is 101 Å². The second-order valence-electron chi connectivity index (χ2n) is 9.74. The number of hydrogen-bond donors (Lipinski definition) is 5. The number of para-hydroxylation sites is 2. The summed E-state index contributed by atoms with van der Waals surface area (Å²) in [6.07, 6.45) is 1.93. The highest BCUT2D eigenvalue weighted by molar-refractivity contribution is 5.99. The molecule has 0 bridgehead atoms. The summed E-state index contributed by atoms with van der Waals surface area (Å²) < 4.78 is 0. The maximum Gasteiger partial charge on any atom is 0.326 e. The lowest BCUT2D eigenvalue weighted by atomic mass is 9.98. The van der Waals surface area contributed by atoms with Crippen LogP contribution >= 0.6 is 0 Å². The summed E-state index contributed by atoms with van der Waals surface area (Å²) >= 11 is 0. The first-order chi connectivity index (χ1) is 18.8. The lowest BCUT2D eigenvalue weighted by Crippen LogP contribution is -2.42. The first-order valence-corrected chi connectivity index (χ1v) is 12.7. The molecule has 1 amide bonds. The molecule has 0 aliphatic carbocycles. The standard InChI is InChI=1S/C30H30N6O3/c1-17-12-18(2)27(19(3)13-17)28(37)34-24(29(38)39)14-20-8-10-21(11-9-20)25-15-31-26(33-25)16-32-30-35-22-6-4-5-7-23(22)36-30/h4-13,15,24H,14,16H2,1-3H3,(H,31,33)(H,34,37)(H,38,39)(H2,32,35,36). The van der Waals surface area contributed by atoms with Gasteiger partial charge in [0.15, 0.2) is 0 Å². The Kier molecular flexibility index (Phi) is 7.14. The van der Waals surface area contributed by atoms with Gasteiger partial charge in [-0.15, -0.1) is 0 Å². The summed E-state index contributed by atoms with van der Waals surface area (Å²) in [4.78, 5) is 40.4. The molecule has 0 saturated heterocycles. The van der Waals surface area contributed by atoms with Gasteiger partial charge in [-0.3, -0.25) is 4.79 Å². The van der Waals surface area contributed by atoms with Gasteiger partial charge in [0, 0.05) is 12.0 Å². The van der Waals surface area contributed by atoms with Crippen LogP contribution in [0.2, 0.25) is 0 Å². The Labute approximate surface area is 225 Å². The van der Waals surface area contributed by atoms with Gasteiger partial charge in [-0.2, -0.15) is 0 Å². The van der Waals surface area contributed by atoms with Crippen LogP contribution in [0.1, 0.15) is 38.4 Å². The molecule has 5 aromatic rings. The van der Waals surface area contributed by atoms with Crippen molar-refractivity contribution in [2.45, 2.75) is 39.8 Å². The van der Waals surface area contributed by atoms with Gasteiger partial charge in [0.05, 0.1) is 29.5 Å². The molecule has 39 heavy (non-hydrogen) atoms. The number of carboxylic acids is 1. The van der Waals surface area contributed by atoms with Gasteiger partial charge in [0.25, 0.3) is 5.91 Å². The fourth-order valence-corrected chi connectivity index (χ4v) is 4.83. The van der Waals surface area contributed by atoms with Crippen molar-refractivity contribution >= 4 is 28.9 Å². The number of aryl methyl sites for hydroxylation is 3. The van der Waals surface area contributed by atoms with Crippen molar-refractivity contribution in [3.63, 3.8) is 0 Å². The molecule has 0 saturated carbocycles. The van der Waals surface area contributed by atoms with E-state index in [0.717, 1.165) is 50.4 Å². The molecule has 2 heterocycles. The van der Waals surface area contributed by atoms with Gasteiger partial charge in [-0.25, -0.2) is 14.8 Å². The predicted octanol–water partition coefficient (Wildman–Crippen LogP) is 4.92. The van der Waals surface area contributed by atoms with Crippen LogP contribution in [0.25, 0.3) is 22.3 Å². The molecule has 0 aliphatic heterocycles. The zero-order valence-electron chi connectivity index (χ0n) is 22.0. The molecule has 2 aromatic heterocycles. The number of hydrogen-bond acceptors (Lipinski definition) is 5. The number of carbonyl (C=O) groups excluding carboxylic acids is 1. The van der Waals surface area contributed by atoms with Crippen molar-refractivity contribution in [1.29, 1.82) is 0 Å². The van der Waals surface area contributed by atoms with Crippen LogP contribution in [-0.4, -0.2) is 43.0 Å². The number of anilines is 1. The van der Waals surface area contributed by atoms with E-state index in [1.54, 1.807) is 6.20 Å². The first-order valence-electron chi connectivity index (χ1n) is 12.7. The third-order valence-electron chi connectivity index (χ3n) is 6.65. The smallest absolute Gasteiger partial charge is 0.326 e. The van der Waals surface area contributed by atoms with E-state index < -0.39 is 12.0 Å². The fourth-order valence-electron chi connectivity index (χ4n) is 4.83. The monoisotopic (exact) mass is 522 g/mol. The SMILES string of the molecule is Cc1cc(C)c(C(=O)NC(Cc2ccc(-c3cnc(CNc4nc5ccccc5[nH]4)[nH]3)cc2)C(=O)O)c(C)c1. The number of imidazole rings is 2. The molecule has 3 aromatic carbocycles. The molecule has 5 N–H and O–H groups in total. The van der Waals surface area contributed by atoms with Gasteiger partial charge < -0.3 is 25.7 Å². The van der Waals surface area contributed by atoms with Crippen LogP contribution < -0.4 is 10.6 Å². The van der Waals surface area contributed by atoms with E-state index in [1.807, 2.05) is 81.4 Å². The maximum absolute atomic E-state index is 12.9. The van der Waals surface area contributed by atoms with Crippen LogP contribution in [0.15, 0.2) is 66.9 Å². The molecule has 0 fully saturated rings. The Morgan fingerprint density at radius 3 is 2.38 bits per heavy atom. The number of aromatic amines is 2. The number of fused-ring (bicyclic) bond motifs is 1. The third-order valence-corrected chi connectivity index (χ3v) is 6.65. The largest absolute Gasteiger partial charge is 0.480 e. The molecule has 198 valence electrons. The second kappa shape index (κ2) is 10.8. The highest BCUT2D eigenvalue weighted by Gasteiger charge is 2.23. The fraction of sp³-hybridized carbons (Fsp3) is 0.200. The molecule has 5 rings (SSSR count). The molecular weight excluding hydrogens is 492 g/mol. The van der Waals surface area contributed by atoms with E-state index >= 15 is 0 Å². The Bertz CT molecular complexity index is 1600. The maximum atomic E-state index is 12.9. The quantitative estimate of drug-likeness (QED) is 0.187. The normalized spacial score (nSPS) is 11.9. The number of aliphatic carboxylic acids is 1. The third kappa shape index (κ3) is 5.82. The topological polar surface area (TPSA) is 136 Å². The van der Waals surface area contributed by atoms with Crippen LogP contribution in [0.4, 0.5) is 5.95 Å². The summed E-state index contributed by atoms with van der Waals surface area (Å²) in [5.41, 5.74) is 7.65. The number of carboxylic acid groups (broad SMARTS) is 1. The summed E-state index contributed by atoms with van der Waals surface area (Å²) in [7, 11) is 0. The summed E-state index contributed by atoms with van der Waals surface area (Å²) in [6.45, 7) is 6.16. The number of rotatable bonds is 9. The molecule has 0 radical (unpaired) electrons. The minimum absolute atomic E-state index is 0.168. The Balaban J connectivity index is 1.22. The van der Waals surface area contributed by atoms with E-state index in [4.69, 9.17) is 0 Å². The molecular formula is C30H30N6O3. The van der Waals surface area contributed by atoms with E-state index in [1.165, 1.54) is 0 Å². The Morgan fingerprint density at radius 2 is 1.69 bits per heavy atom. The van der Waals surface area contributed by atoms with Crippen molar-refractivity contribution in [2.75, 3.05) is 5.32 Å². The average molecular weight is 523 g/mol. The number of nitrogens with zero attached hydrogens (tertiary/aromatic N) is 2. The zero-order valence-corrected chi connectivity index (χ0v) is 22.0. The van der Waals surface area contributed by atoms with E-state index in [9.17, 15) is 14.7 Å². The zero-order chi connectivity index (χ0) is 27.5. The summed E-state index contributed by atoms with van der Waals surface area (Å²) in [5.74, 6) is -0.0311. The van der Waals surface area contributed by atoms with E-state index in [2.05, 4.69) is 30.6 Å². The minimum Gasteiger partial charge on any atom is -0.480 e. The van der Waals surface area contributed by atoms with Crippen LogP contribution in [-0.2, 0) is 17.8 Å². The first kappa shape index (κ1) is 25.7. The second-order valence-corrected chi connectivity index (χ2v) is 9.74. The van der Waals surface area contributed by atoms with Gasteiger partial charge in [0.2, 0.25) is 5.95 Å². The number of benzene rings is 3. The lowest BCUT2D eigenvalue weighted by molar-refractivity contribution is -0.139. The molecule has 0 spiro atoms. The van der Waals surface area contributed by atoms with Gasteiger partial charge in [-0.1, -0.05) is 54.1 Å². The Morgan fingerprint density at radius 1 is 0.974 bits per heavy atom. The highest BCUT2D eigenvalue weighted by atomic mass is 16.4. The van der Waals surface area contributed by atoms with Crippen molar-refractivity contribution in [1.82, 2.24) is 25.3 Å². The highest BCUT2D eigenvalue weighted by Crippen LogP contribution is 2.20. The average Bonchev–Trinajstić information content (AvgIpc) is 3.54. The van der Waals surface area contributed by atoms with Crippen LogP contribution in [0.5, 0.6) is 0 Å². The molecule has 9 heteroatoms. The van der Waals surface area contributed by atoms with Crippen molar-refractivity contribution in [3.8, 4) is 11.3 Å². The summed E-state index contributed by atoms with van der Waals surface area (Å²) in [6, 6.07) is 18.2. The number of carbonyl (C=O) groups is 2. The number of amides is 1. The molecule has 9 nitrogen and oxygen atoms in total. The van der Waals surface area contributed by atoms with Crippen LogP contribution in [0, 0.1) is 20.8 Å². The molecule has 0 aliphatic rings. The number of aromatic nitrogens is 4. The van der Waals surface area contributed by atoms with Gasteiger partial charge >= 0.3 is 5.97 Å². The van der Waals surface area contributed by atoms with E-state index in [0.29, 0.717) is 18.1 Å². The minimum atomic E-state index is -1.08. The summed E-state index contributed by atoms with van der Waals surface area (Å²) in [5, 5.41) is 15.7. The van der Waals surface area contributed by atoms with Crippen molar-refractivity contribution in [2.24, 2.45) is 0 Å². The predicted molar refractivity (Wildman–Crippen MR) is 151 cm³/mol.